The largest absolute Gasteiger partial charge is 0.396 e. The van der Waals surface area contributed by atoms with Gasteiger partial charge in [0, 0.05) is 24.0 Å². The Kier molecular flexibility index (Phi) is 5.87. The van der Waals surface area contributed by atoms with Crippen molar-refractivity contribution in [2.24, 2.45) is 11.8 Å². The van der Waals surface area contributed by atoms with Crippen molar-refractivity contribution < 1.29 is 14.6 Å². The number of hydrogen-bond acceptors (Lipinski definition) is 5. The fourth-order valence-electron chi connectivity index (χ4n) is 4.12. The molecule has 1 N–H and O–H groups in total. The van der Waals surface area contributed by atoms with Crippen LogP contribution in [0, 0.1) is 11.8 Å². The zero-order chi connectivity index (χ0) is 16.6. The first-order valence-electron chi connectivity index (χ1n) is 8.45. The molecule has 0 saturated carbocycles. The number of thioether (sulfide) groups is 2. The van der Waals surface area contributed by atoms with Crippen LogP contribution in [0.25, 0.3) is 0 Å². The van der Waals surface area contributed by atoms with E-state index in [4.69, 9.17) is 9.47 Å². The molecule has 0 aromatic rings. The number of ether oxygens (including phenoxy) is 2. The summed E-state index contributed by atoms with van der Waals surface area (Å²) in [5.41, 5.74) is -0.336. The molecule has 130 valence electrons. The van der Waals surface area contributed by atoms with E-state index in [1.165, 1.54) is 17.9 Å². The molecule has 2 fully saturated rings. The lowest BCUT2D eigenvalue weighted by Gasteiger charge is -2.40. The molecule has 1 unspecified atom stereocenters. The van der Waals surface area contributed by atoms with Crippen molar-refractivity contribution in [3.63, 3.8) is 0 Å². The van der Waals surface area contributed by atoms with Crippen LogP contribution >= 0.6 is 23.5 Å². The van der Waals surface area contributed by atoms with Crippen LogP contribution in [0.3, 0.4) is 0 Å². The van der Waals surface area contributed by atoms with E-state index in [0.717, 1.165) is 6.42 Å². The highest BCUT2D eigenvalue weighted by molar-refractivity contribution is 8.21. The van der Waals surface area contributed by atoms with Crippen molar-refractivity contribution in [3.8, 4) is 0 Å². The van der Waals surface area contributed by atoms with Crippen molar-refractivity contribution >= 4 is 23.5 Å². The second kappa shape index (κ2) is 6.83. The molecule has 0 spiro atoms. The highest BCUT2D eigenvalue weighted by atomic mass is 32.2. The van der Waals surface area contributed by atoms with Gasteiger partial charge in [-0.1, -0.05) is 20.8 Å². The van der Waals surface area contributed by atoms with E-state index in [9.17, 15) is 5.11 Å². The first-order chi connectivity index (χ1) is 10.2. The standard InChI is InChI=1S/C17H32O3S2/c1-7-17(21-8-9-22-17)13(3)10-16(6)14(12(2)11-18)19-15(4,5)20-16/h12-14,18H,7-11H2,1-6H3/t12-,13+,14?,16+/m0/s1. The maximum Gasteiger partial charge on any atom is 0.164 e. The molecule has 0 aliphatic carbocycles. The monoisotopic (exact) mass is 348 g/mol. The molecule has 2 rings (SSSR count). The Bertz CT molecular complexity index is 382. The summed E-state index contributed by atoms with van der Waals surface area (Å²) in [6, 6.07) is 0. The summed E-state index contributed by atoms with van der Waals surface area (Å²) in [6.07, 6.45) is 2.10. The second-order valence-corrected chi connectivity index (χ2v) is 10.6. The maximum absolute atomic E-state index is 9.60. The summed E-state index contributed by atoms with van der Waals surface area (Å²) in [5, 5.41) is 9.60. The average Bonchev–Trinajstić information content (AvgIpc) is 3.01. The Morgan fingerprint density at radius 2 is 1.77 bits per heavy atom. The van der Waals surface area contributed by atoms with Crippen molar-refractivity contribution in [2.75, 3.05) is 18.1 Å². The third kappa shape index (κ3) is 3.64. The van der Waals surface area contributed by atoms with E-state index in [0.29, 0.717) is 10.00 Å². The topological polar surface area (TPSA) is 38.7 Å². The van der Waals surface area contributed by atoms with Gasteiger partial charge in [0.25, 0.3) is 0 Å². The van der Waals surface area contributed by atoms with Crippen LogP contribution in [0.5, 0.6) is 0 Å². The normalized spacial score (nSPS) is 36.4. The van der Waals surface area contributed by atoms with Gasteiger partial charge in [-0.05, 0) is 39.5 Å². The molecule has 5 heteroatoms. The second-order valence-electron chi connectivity index (χ2n) is 7.48. The van der Waals surface area contributed by atoms with E-state index in [-0.39, 0.29) is 24.2 Å². The molecule has 2 aliphatic rings. The fraction of sp³-hybridized carbons (Fsp3) is 1.00. The zero-order valence-electron chi connectivity index (χ0n) is 14.8. The first kappa shape index (κ1) is 18.9. The highest BCUT2D eigenvalue weighted by Gasteiger charge is 2.54. The van der Waals surface area contributed by atoms with Gasteiger partial charge in [-0.2, -0.15) is 0 Å². The van der Waals surface area contributed by atoms with Crippen LogP contribution < -0.4 is 0 Å². The Hall–Kier alpha value is 0.580. The van der Waals surface area contributed by atoms with E-state index in [1.807, 2.05) is 20.8 Å². The van der Waals surface area contributed by atoms with Gasteiger partial charge in [-0.3, -0.25) is 0 Å². The lowest BCUT2D eigenvalue weighted by atomic mass is 9.81. The molecule has 0 amide bonds. The summed E-state index contributed by atoms with van der Waals surface area (Å²) < 4.78 is 12.8. The minimum atomic E-state index is -0.572. The third-order valence-corrected chi connectivity index (χ3v) is 9.17. The van der Waals surface area contributed by atoms with Crippen LogP contribution in [-0.4, -0.2) is 44.8 Å². The quantitative estimate of drug-likeness (QED) is 0.781. The minimum Gasteiger partial charge on any atom is -0.396 e. The summed E-state index contributed by atoms with van der Waals surface area (Å²) in [7, 11) is 0. The summed E-state index contributed by atoms with van der Waals surface area (Å²) >= 11 is 4.22. The Balaban J connectivity index is 2.17. The third-order valence-electron chi connectivity index (χ3n) is 5.03. The van der Waals surface area contributed by atoms with Gasteiger partial charge in [0.2, 0.25) is 0 Å². The number of rotatable bonds is 6. The number of aliphatic hydroxyl groups excluding tert-OH is 1. The van der Waals surface area contributed by atoms with Gasteiger partial charge in [0.15, 0.2) is 5.79 Å². The van der Waals surface area contributed by atoms with Gasteiger partial charge >= 0.3 is 0 Å². The van der Waals surface area contributed by atoms with E-state index in [1.54, 1.807) is 0 Å². The van der Waals surface area contributed by atoms with Crippen LogP contribution in [0.1, 0.15) is 54.4 Å². The van der Waals surface area contributed by atoms with Gasteiger partial charge in [-0.15, -0.1) is 23.5 Å². The molecule has 4 atom stereocenters. The van der Waals surface area contributed by atoms with E-state index < -0.39 is 5.79 Å². The molecule has 0 bridgehead atoms. The summed E-state index contributed by atoms with van der Waals surface area (Å²) in [4.78, 5) is 0. The molecule has 0 aromatic carbocycles. The number of hydrogen-bond donors (Lipinski definition) is 1. The van der Waals surface area contributed by atoms with E-state index >= 15 is 0 Å². The average molecular weight is 349 g/mol. The van der Waals surface area contributed by atoms with Gasteiger partial charge in [0.05, 0.1) is 15.8 Å². The molecule has 2 aliphatic heterocycles. The molecule has 2 heterocycles. The fourth-order valence-corrected chi connectivity index (χ4v) is 7.45. The lowest BCUT2D eigenvalue weighted by Crippen LogP contribution is -2.45. The van der Waals surface area contributed by atoms with Gasteiger partial charge in [0.1, 0.15) is 0 Å². The predicted octanol–water partition coefficient (Wildman–Crippen LogP) is 4.14. The lowest BCUT2D eigenvalue weighted by molar-refractivity contribution is -0.164. The SMILES string of the molecule is CCC1([C@H](C)C[C@@]2(C)OC(C)(C)OC2[C@@H](C)CO)SCCS1. The van der Waals surface area contributed by atoms with Crippen molar-refractivity contribution in [2.45, 2.75) is 76.0 Å². The summed E-state index contributed by atoms with van der Waals surface area (Å²) in [5.74, 6) is 2.56. The molecule has 22 heavy (non-hydrogen) atoms. The van der Waals surface area contributed by atoms with Crippen molar-refractivity contribution in [1.29, 1.82) is 0 Å². The highest BCUT2D eigenvalue weighted by Crippen LogP contribution is 2.55. The Morgan fingerprint density at radius 3 is 2.27 bits per heavy atom. The van der Waals surface area contributed by atoms with Crippen molar-refractivity contribution in [3.05, 3.63) is 0 Å². The van der Waals surface area contributed by atoms with E-state index in [2.05, 4.69) is 44.3 Å². The molecular formula is C17H32O3S2. The van der Waals surface area contributed by atoms with Crippen LogP contribution in [0.4, 0.5) is 0 Å². The number of aliphatic hydroxyl groups is 1. The minimum absolute atomic E-state index is 0.0553. The predicted molar refractivity (Wildman–Crippen MR) is 96.4 cm³/mol. The zero-order valence-corrected chi connectivity index (χ0v) is 16.5. The first-order valence-corrected chi connectivity index (χ1v) is 10.4. The smallest absolute Gasteiger partial charge is 0.164 e. The molecule has 2 saturated heterocycles. The maximum atomic E-state index is 9.60. The van der Waals surface area contributed by atoms with Crippen LogP contribution in [0.2, 0.25) is 0 Å². The Labute approximate surface area is 144 Å². The summed E-state index contributed by atoms with van der Waals surface area (Å²) in [6.45, 7) is 13.0. The van der Waals surface area contributed by atoms with Gasteiger partial charge < -0.3 is 14.6 Å². The molecule has 3 nitrogen and oxygen atoms in total. The molecule has 0 radical (unpaired) electrons. The van der Waals surface area contributed by atoms with Gasteiger partial charge in [-0.25, -0.2) is 0 Å². The molecular weight excluding hydrogens is 316 g/mol. The van der Waals surface area contributed by atoms with Crippen LogP contribution in [0.15, 0.2) is 0 Å². The Morgan fingerprint density at radius 1 is 1.18 bits per heavy atom. The molecule has 0 aromatic heterocycles. The van der Waals surface area contributed by atoms with Crippen LogP contribution in [-0.2, 0) is 9.47 Å². The van der Waals surface area contributed by atoms with Crippen molar-refractivity contribution in [1.82, 2.24) is 0 Å².